The number of allylic oxidation sites excluding steroid dienone is 4. The molecule has 0 aromatic heterocycles. The van der Waals surface area contributed by atoms with Crippen LogP contribution in [0.3, 0.4) is 0 Å². The molecule has 0 saturated heterocycles. The second-order valence-corrected chi connectivity index (χ2v) is 3.54. The van der Waals surface area contributed by atoms with Gasteiger partial charge in [0.2, 0.25) is 0 Å². The Kier molecular flexibility index (Phi) is 4.86. The molecule has 0 radical (unpaired) electrons. The predicted octanol–water partition coefficient (Wildman–Crippen LogP) is 4.14. The van der Waals surface area contributed by atoms with E-state index >= 15 is 0 Å². The number of hydrogen-bond acceptors (Lipinski definition) is 2. The lowest BCUT2D eigenvalue weighted by molar-refractivity contribution is 0.410. The molecule has 0 bridgehead atoms. The lowest BCUT2D eigenvalue weighted by Gasteiger charge is -2.07. The highest BCUT2D eigenvalue weighted by molar-refractivity contribution is 7.80. The Balaban J connectivity index is 2.97. The minimum absolute atomic E-state index is 0.152. The molecule has 0 saturated carbocycles. The summed E-state index contributed by atoms with van der Waals surface area (Å²) < 4.78 is 18.8. The van der Waals surface area contributed by atoms with E-state index in [0.29, 0.717) is 10.7 Å². The fraction of sp³-hybridized carbons (Fsp3) is 0.0769. The highest BCUT2D eigenvalue weighted by atomic mass is 32.1. The summed E-state index contributed by atoms with van der Waals surface area (Å²) in [5, 5.41) is 0. The zero-order valence-electron chi connectivity index (χ0n) is 8.98. The van der Waals surface area contributed by atoms with Gasteiger partial charge in [-0.25, -0.2) is 4.39 Å². The van der Waals surface area contributed by atoms with Gasteiger partial charge in [0.15, 0.2) is 11.6 Å². The van der Waals surface area contributed by atoms with Gasteiger partial charge in [-0.1, -0.05) is 18.7 Å². The molecule has 0 spiro atoms. The largest absolute Gasteiger partial charge is 0.454 e. The Morgan fingerprint density at radius 3 is 2.88 bits per heavy atom. The van der Waals surface area contributed by atoms with E-state index in [1.165, 1.54) is 12.1 Å². The van der Waals surface area contributed by atoms with Crippen LogP contribution in [0.5, 0.6) is 5.75 Å². The van der Waals surface area contributed by atoms with Crippen molar-refractivity contribution in [2.45, 2.75) is 11.8 Å². The molecule has 1 aromatic rings. The van der Waals surface area contributed by atoms with Gasteiger partial charge in [-0.2, -0.15) is 0 Å². The van der Waals surface area contributed by atoms with Crippen LogP contribution >= 0.6 is 12.6 Å². The van der Waals surface area contributed by atoms with Crippen molar-refractivity contribution in [3.63, 3.8) is 0 Å². The molecule has 1 nitrogen and oxygen atoms in total. The van der Waals surface area contributed by atoms with E-state index in [4.69, 9.17) is 4.74 Å². The number of hydrogen-bond donors (Lipinski definition) is 1. The fourth-order valence-corrected chi connectivity index (χ4v) is 1.29. The second-order valence-electron chi connectivity index (χ2n) is 3.02. The molecule has 0 amide bonds. The maximum Gasteiger partial charge on any atom is 0.165 e. The van der Waals surface area contributed by atoms with E-state index in [9.17, 15) is 4.39 Å². The molecule has 3 heteroatoms. The van der Waals surface area contributed by atoms with E-state index in [2.05, 4.69) is 19.2 Å². The van der Waals surface area contributed by atoms with E-state index in [-0.39, 0.29) is 5.75 Å². The normalized spacial score (nSPS) is 11.8. The monoisotopic (exact) mass is 236 g/mol. The molecule has 0 fully saturated rings. The van der Waals surface area contributed by atoms with Crippen LogP contribution in [-0.4, -0.2) is 0 Å². The Morgan fingerprint density at radius 1 is 1.50 bits per heavy atom. The van der Waals surface area contributed by atoms with E-state index < -0.39 is 5.82 Å². The molecular weight excluding hydrogens is 223 g/mol. The second kappa shape index (κ2) is 6.18. The first-order valence-electron chi connectivity index (χ1n) is 4.79. The van der Waals surface area contributed by atoms with Gasteiger partial charge in [-0.05, 0) is 37.3 Å². The topological polar surface area (TPSA) is 9.23 Å². The van der Waals surface area contributed by atoms with Crippen LogP contribution in [-0.2, 0) is 0 Å². The number of ether oxygens (including phenoxy) is 1. The van der Waals surface area contributed by atoms with Crippen molar-refractivity contribution in [3.05, 3.63) is 60.7 Å². The van der Waals surface area contributed by atoms with Crippen LogP contribution in [0.25, 0.3) is 0 Å². The third-order valence-corrected chi connectivity index (χ3v) is 2.03. The average Bonchev–Trinajstić information content (AvgIpc) is 2.24. The molecule has 0 N–H and O–H groups in total. The third kappa shape index (κ3) is 3.59. The van der Waals surface area contributed by atoms with E-state index in [1.807, 2.05) is 6.92 Å². The molecule has 1 rings (SSSR count). The SMILES string of the molecule is C=C/C=C(\C=C/C)Oc1cc(S)ccc1F. The molecule has 0 aliphatic heterocycles. The highest BCUT2D eigenvalue weighted by Crippen LogP contribution is 2.23. The summed E-state index contributed by atoms with van der Waals surface area (Å²) in [6, 6.07) is 4.41. The summed E-state index contributed by atoms with van der Waals surface area (Å²) in [4.78, 5) is 0.648. The first-order valence-corrected chi connectivity index (χ1v) is 5.24. The molecule has 0 unspecified atom stereocenters. The number of benzene rings is 1. The molecule has 0 heterocycles. The summed E-state index contributed by atoms with van der Waals surface area (Å²) in [7, 11) is 0. The van der Waals surface area contributed by atoms with Gasteiger partial charge in [0.1, 0.15) is 5.76 Å². The van der Waals surface area contributed by atoms with Crippen molar-refractivity contribution in [1.82, 2.24) is 0 Å². The molecule has 1 aromatic carbocycles. The Hall–Kier alpha value is -1.48. The van der Waals surface area contributed by atoms with Crippen molar-refractivity contribution in [1.29, 1.82) is 0 Å². The van der Waals surface area contributed by atoms with E-state index in [0.717, 1.165) is 0 Å². The molecular formula is C13H13FOS. The van der Waals surface area contributed by atoms with Crippen molar-refractivity contribution >= 4 is 12.6 Å². The summed E-state index contributed by atoms with van der Waals surface area (Å²) in [6.07, 6.45) is 6.77. The third-order valence-electron chi connectivity index (χ3n) is 1.76. The summed E-state index contributed by atoms with van der Waals surface area (Å²) in [5.41, 5.74) is 0. The molecule has 84 valence electrons. The van der Waals surface area contributed by atoms with Crippen LogP contribution in [0, 0.1) is 5.82 Å². The lowest BCUT2D eigenvalue weighted by atomic mass is 10.3. The summed E-state index contributed by atoms with van der Waals surface area (Å²) in [6.45, 7) is 5.42. The molecule has 0 aliphatic carbocycles. The van der Waals surface area contributed by atoms with Gasteiger partial charge in [0, 0.05) is 4.90 Å². The number of halogens is 1. The smallest absolute Gasteiger partial charge is 0.165 e. The first-order chi connectivity index (χ1) is 7.67. The highest BCUT2D eigenvalue weighted by Gasteiger charge is 2.04. The van der Waals surface area contributed by atoms with Crippen molar-refractivity contribution in [2.75, 3.05) is 0 Å². The standard InChI is InChI=1S/C13H13FOS/c1-3-5-10(6-4-2)15-13-9-11(16)7-8-12(13)14/h3-9,16H,1H2,2H3/b6-4-,10-5+. The van der Waals surface area contributed by atoms with Gasteiger partial charge >= 0.3 is 0 Å². The average molecular weight is 236 g/mol. The van der Waals surface area contributed by atoms with Crippen molar-refractivity contribution < 1.29 is 9.13 Å². The number of thiol groups is 1. The van der Waals surface area contributed by atoms with Crippen LogP contribution in [0.15, 0.2) is 59.7 Å². The maximum absolute atomic E-state index is 13.4. The zero-order valence-corrected chi connectivity index (χ0v) is 9.88. The van der Waals surface area contributed by atoms with E-state index in [1.54, 1.807) is 30.4 Å². The first kappa shape index (κ1) is 12.6. The minimum atomic E-state index is -0.419. The fourth-order valence-electron chi connectivity index (χ4n) is 1.10. The van der Waals surface area contributed by atoms with Gasteiger partial charge in [0.25, 0.3) is 0 Å². The number of rotatable bonds is 4. The van der Waals surface area contributed by atoms with Gasteiger partial charge in [0.05, 0.1) is 0 Å². The van der Waals surface area contributed by atoms with Gasteiger partial charge < -0.3 is 4.74 Å². The Labute approximate surface area is 100 Å². The van der Waals surface area contributed by atoms with Crippen molar-refractivity contribution in [3.8, 4) is 5.75 Å². The van der Waals surface area contributed by atoms with Crippen LogP contribution in [0.1, 0.15) is 6.92 Å². The van der Waals surface area contributed by atoms with Crippen molar-refractivity contribution in [2.24, 2.45) is 0 Å². The summed E-state index contributed by atoms with van der Waals surface area (Å²) in [5.74, 6) is 0.256. The quantitative estimate of drug-likeness (QED) is 0.469. The predicted molar refractivity (Wildman–Crippen MR) is 67.4 cm³/mol. The van der Waals surface area contributed by atoms with Crippen LogP contribution in [0.4, 0.5) is 4.39 Å². The van der Waals surface area contributed by atoms with Gasteiger partial charge in [-0.3, -0.25) is 0 Å². The molecule has 0 atom stereocenters. The zero-order chi connectivity index (χ0) is 12.0. The van der Waals surface area contributed by atoms with Gasteiger partial charge in [-0.15, -0.1) is 12.6 Å². The Morgan fingerprint density at radius 2 is 2.25 bits per heavy atom. The van der Waals surface area contributed by atoms with Crippen LogP contribution < -0.4 is 4.74 Å². The maximum atomic E-state index is 13.4. The van der Waals surface area contributed by atoms with Crippen LogP contribution in [0.2, 0.25) is 0 Å². The molecule has 0 aliphatic rings. The Bertz CT molecular complexity index is 436. The lowest BCUT2D eigenvalue weighted by Crippen LogP contribution is -1.94. The molecule has 16 heavy (non-hydrogen) atoms. The minimum Gasteiger partial charge on any atom is -0.454 e. The summed E-state index contributed by atoms with van der Waals surface area (Å²) >= 11 is 4.12.